The van der Waals surface area contributed by atoms with Gasteiger partial charge in [-0.2, -0.15) is 18.2 Å². The molecule has 0 saturated heterocycles. The number of hydrogen-bond acceptors (Lipinski definition) is 4. The lowest BCUT2D eigenvalue weighted by Gasteiger charge is -2.08. The first-order chi connectivity index (χ1) is 12.7. The van der Waals surface area contributed by atoms with Gasteiger partial charge in [0.2, 0.25) is 5.13 Å². The van der Waals surface area contributed by atoms with Crippen molar-refractivity contribution in [2.75, 3.05) is 0 Å². The standard InChI is InChI=1S/C17H12Cl2F3N3OS/c18-13-6-4-12(5-7-14(13)19)23-15-24-16(26)25(27-15)9-10-2-1-3-11(8-10)17(20,21)22/h1-8,13-14H,9H2. The predicted molar refractivity (Wildman–Crippen MR) is 102 cm³/mol. The number of nitrogens with zero attached hydrogens (tertiary/aromatic N) is 3. The van der Waals surface area contributed by atoms with Crippen LogP contribution in [0.5, 0.6) is 0 Å². The number of benzene rings is 1. The minimum atomic E-state index is -4.44. The molecule has 0 aliphatic heterocycles. The van der Waals surface area contributed by atoms with Crippen LogP contribution in [0.15, 0.2) is 58.4 Å². The summed E-state index contributed by atoms with van der Waals surface area (Å²) in [5.41, 5.74) is -0.482. The molecule has 4 nitrogen and oxygen atoms in total. The highest BCUT2D eigenvalue weighted by atomic mass is 35.5. The van der Waals surface area contributed by atoms with Crippen LogP contribution in [0, 0.1) is 0 Å². The van der Waals surface area contributed by atoms with Gasteiger partial charge in [0.25, 0.3) is 0 Å². The number of alkyl halides is 5. The largest absolute Gasteiger partial charge is 0.416 e. The van der Waals surface area contributed by atoms with E-state index in [1.807, 2.05) is 0 Å². The van der Waals surface area contributed by atoms with E-state index in [0.29, 0.717) is 11.3 Å². The van der Waals surface area contributed by atoms with Gasteiger partial charge in [0, 0.05) is 0 Å². The molecule has 1 aromatic heterocycles. The summed E-state index contributed by atoms with van der Waals surface area (Å²) in [7, 11) is 0. The van der Waals surface area contributed by atoms with E-state index in [0.717, 1.165) is 23.7 Å². The van der Waals surface area contributed by atoms with E-state index >= 15 is 0 Å². The zero-order valence-corrected chi connectivity index (χ0v) is 15.9. The molecule has 3 rings (SSSR count). The van der Waals surface area contributed by atoms with Gasteiger partial charge in [0.15, 0.2) is 0 Å². The summed E-state index contributed by atoms with van der Waals surface area (Å²) in [5, 5.41) is -0.573. The first-order valence-corrected chi connectivity index (χ1v) is 9.34. The second kappa shape index (κ2) is 8.00. The molecule has 2 unspecified atom stereocenters. The van der Waals surface area contributed by atoms with Gasteiger partial charge in [0.1, 0.15) is 0 Å². The van der Waals surface area contributed by atoms with E-state index in [-0.39, 0.29) is 22.4 Å². The Labute approximate surface area is 166 Å². The normalized spacial score (nSPS) is 20.0. The number of hydrogen-bond donors (Lipinski definition) is 0. The average Bonchev–Trinajstić information content (AvgIpc) is 2.86. The fourth-order valence-corrected chi connectivity index (χ4v) is 3.39. The monoisotopic (exact) mass is 433 g/mol. The molecule has 0 N–H and O–H groups in total. The third-order valence-electron chi connectivity index (χ3n) is 3.61. The highest BCUT2D eigenvalue weighted by molar-refractivity contribution is 7.10. The molecular weight excluding hydrogens is 422 g/mol. The second-order valence-corrected chi connectivity index (χ2v) is 7.64. The van der Waals surface area contributed by atoms with Crippen molar-refractivity contribution >= 4 is 45.6 Å². The van der Waals surface area contributed by atoms with Crippen molar-refractivity contribution in [2.45, 2.75) is 23.5 Å². The van der Waals surface area contributed by atoms with Crippen LogP contribution < -0.4 is 5.69 Å². The first kappa shape index (κ1) is 19.9. The van der Waals surface area contributed by atoms with Gasteiger partial charge in [-0.1, -0.05) is 24.3 Å². The summed E-state index contributed by atoms with van der Waals surface area (Å²) < 4.78 is 39.7. The van der Waals surface area contributed by atoms with Crippen molar-refractivity contribution in [3.63, 3.8) is 0 Å². The Morgan fingerprint density at radius 3 is 2.48 bits per heavy atom. The Balaban J connectivity index is 1.84. The molecule has 1 aromatic carbocycles. The molecule has 0 amide bonds. The van der Waals surface area contributed by atoms with Crippen LogP contribution in [-0.4, -0.2) is 25.4 Å². The Bertz CT molecular complexity index is 958. The summed E-state index contributed by atoms with van der Waals surface area (Å²) in [6, 6.07) is 4.81. The zero-order valence-electron chi connectivity index (χ0n) is 13.5. The molecular formula is C17H12Cl2F3N3OS. The molecule has 0 fully saturated rings. The van der Waals surface area contributed by atoms with Gasteiger partial charge in [-0.3, -0.25) is 0 Å². The van der Waals surface area contributed by atoms with Crippen LogP contribution in [0.1, 0.15) is 11.1 Å². The summed E-state index contributed by atoms with van der Waals surface area (Å²) >= 11 is 13.0. The number of aromatic nitrogens is 2. The third-order valence-corrected chi connectivity index (χ3v) is 5.42. The molecule has 0 radical (unpaired) electrons. The molecule has 2 atom stereocenters. The summed E-state index contributed by atoms with van der Waals surface area (Å²) in [6.45, 7) is -0.0234. The maximum absolute atomic E-state index is 12.8. The number of rotatable bonds is 3. The fourth-order valence-electron chi connectivity index (χ4n) is 2.29. The van der Waals surface area contributed by atoms with Crippen LogP contribution in [0.4, 0.5) is 18.3 Å². The van der Waals surface area contributed by atoms with Crippen molar-refractivity contribution in [1.29, 1.82) is 0 Å². The van der Waals surface area contributed by atoms with Crippen molar-refractivity contribution in [3.05, 3.63) is 70.2 Å². The van der Waals surface area contributed by atoms with Crippen molar-refractivity contribution in [1.82, 2.24) is 8.94 Å². The second-order valence-electron chi connectivity index (χ2n) is 5.65. The van der Waals surface area contributed by atoms with Crippen LogP contribution in [0.3, 0.4) is 0 Å². The molecule has 2 aromatic rings. The number of halogens is 5. The molecule has 0 bridgehead atoms. The van der Waals surface area contributed by atoms with Crippen molar-refractivity contribution in [3.8, 4) is 0 Å². The fraction of sp³-hybridized carbons (Fsp3) is 0.235. The summed E-state index contributed by atoms with van der Waals surface area (Å²) in [4.78, 5) is 20.1. The lowest BCUT2D eigenvalue weighted by atomic mass is 10.1. The summed E-state index contributed by atoms with van der Waals surface area (Å²) in [5.74, 6) is 0. The Kier molecular flexibility index (Phi) is 5.88. The van der Waals surface area contributed by atoms with Crippen molar-refractivity contribution in [2.24, 2.45) is 4.99 Å². The SMILES string of the molecule is O=c1nc(N=C2C=CC(Cl)C(Cl)C=C2)sn1Cc1cccc(C(F)(F)F)c1. The lowest BCUT2D eigenvalue weighted by molar-refractivity contribution is -0.137. The van der Waals surface area contributed by atoms with Gasteiger partial charge >= 0.3 is 11.9 Å². The van der Waals surface area contributed by atoms with Gasteiger partial charge in [0.05, 0.1) is 28.6 Å². The van der Waals surface area contributed by atoms with Gasteiger partial charge in [-0.05, 0) is 41.4 Å². The quantitative estimate of drug-likeness (QED) is 0.653. The number of allylic oxidation sites excluding steroid dienone is 4. The van der Waals surface area contributed by atoms with Crippen molar-refractivity contribution < 1.29 is 13.2 Å². The van der Waals surface area contributed by atoms with E-state index in [4.69, 9.17) is 23.2 Å². The topological polar surface area (TPSA) is 47.2 Å². The minimum absolute atomic E-state index is 0.0234. The molecule has 0 saturated carbocycles. The van der Waals surface area contributed by atoms with Crippen LogP contribution in [0.2, 0.25) is 0 Å². The average molecular weight is 434 g/mol. The molecule has 1 aliphatic carbocycles. The van der Waals surface area contributed by atoms with E-state index in [1.54, 1.807) is 24.3 Å². The minimum Gasteiger partial charge on any atom is -0.245 e. The maximum atomic E-state index is 12.8. The summed E-state index contributed by atoms with van der Waals surface area (Å²) in [6.07, 6.45) is 2.25. The van der Waals surface area contributed by atoms with Crippen LogP contribution in [-0.2, 0) is 12.7 Å². The molecule has 0 spiro atoms. The molecule has 1 aliphatic rings. The van der Waals surface area contributed by atoms with E-state index < -0.39 is 17.4 Å². The van der Waals surface area contributed by atoms with Crippen LogP contribution >= 0.6 is 34.7 Å². The zero-order chi connectivity index (χ0) is 19.6. The molecule has 1 heterocycles. The van der Waals surface area contributed by atoms with Gasteiger partial charge < -0.3 is 0 Å². The highest BCUT2D eigenvalue weighted by Crippen LogP contribution is 2.29. The number of aliphatic imine (C=N–C) groups is 1. The van der Waals surface area contributed by atoms with E-state index in [9.17, 15) is 18.0 Å². The molecule has 27 heavy (non-hydrogen) atoms. The first-order valence-electron chi connectivity index (χ1n) is 7.70. The van der Waals surface area contributed by atoms with E-state index in [2.05, 4.69) is 9.98 Å². The Hall–Kier alpha value is -1.90. The van der Waals surface area contributed by atoms with Crippen LogP contribution in [0.25, 0.3) is 0 Å². The Morgan fingerprint density at radius 2 is 1.85 bits per heavy atom. The van der Waals surface area contributed by atoms with Gasteiger partial charge in [-0.25, -0.2) is 13.7 Å². The predicted octanol–water partition coefficient (Wildman–Crippen LogP) is 4.79. The lowest BCUT2D eigenvalue weighted by Crippen LogP contribution is -2.16. The highest BCUT2D eigenvalue weighted by Gasteiger charge is 2.30. The molecule has 10 heteroatoms. The molecule has 142 valence electrons. The third kappa shape index (κ3) is 5.09. The van der Waals surface area contributed by atoms with Gasteiger partial charge in [-0.15, -0.1) is 23.2 Å². The van der Waals surface area contributed by atoms with E-state index in [1.165, 1.54) is 16.1 Å². The smallest absolute Gasteiger partial charge is 0.245 e. The maximum Gasteiger partial charge on any atom is 0.416 e. The Morgan fingerprint density at radius 1 is 1.19 bits per heavy atom.